The molecule has 0 spiro atoms. The van der Waals surface area contributed by atoms with Gasteiger partial charge in [0.05, 0.1) is 29.4 Å². The Morgan fingerprint density at radius 1 is 1.15 bits per heavy atom. The van der Waals surface area contributed by atoms with Crippen LogP contribution in [0.1, 0.15) is 19.3 Å². The van der Waals surface area contributed by atoms with E-state index in [9.17, 15) is 22.4 Å². The molecule has 1 amide bonds. The van der Waals surface area contributed by atoms with Gasteiger partial charge >= 0.3 is 0 Å². The highest BCUT2D eigenvalue weighted by atomic mass is 35.5. The van der Waals surface area contributed by atoms with Gasteiger partial charge in [-0.3, -0.25) is 18.9 Å². The highest BCUT2D eigenvalue weighted by Crippen LogP contribution is 2.34. The predicted molar refractivity (Wildman–Crippen MR) is 153 cm³/mol. The average molecular weight is 600 g/mol. The van der Waals surface area contributed by atoms with Crippen LogP contribution in [-0.4, -0.2) is 43.0 Å². The number of aromatic nitrogens is 3. The number of fused-ring (bicyclic) bond motifs is 1. The first-order valence-corrected chi connectivity index (χ1v) is 14.7. The highest BCUT2D eigenvalue weighted by molar-refractivity contribution is 7.92. The van der Waals surface area contributed by atoms with Crippen LogP contribution in [0, 0.1) is 17.7 Å². The Kier molecular flexibility index (Phi) is 7.96. The van der Waals surface area contributed by atoms with Crippen molar-refractivity contribution in [3.05, 3.63) is 76.2 Å². The molecular formula is C28H27ClFN5O5S. The number of hydrogen-bond acceptors (Lipinski definition) is 7. The summed E-state index contributed by atoms with van der Waals surface area (Å²) in [7, 11) is -1.27. The van der Waals surface area contributed by atoms with Crippen molar-refractivity contribution in [1.82, 2.24) is 19.9 Å². The maximum Gasteiger partial charge on any atom is 0.263 e. The summed E-state index contributed by atoms with van der Waals surface area (Å²) < 4.78 is 48.8. The Balaban J connectivity index is 1.49. The fourth-order valence-electron chi connectivity index (χ4n) is 5.25. The molecule has 1 fully saturated rings. The number of amides is 1. The monoisotopic (exact) mass is 599 g/mol. The second-order valence-corrected chi connectivity index (χ2v) is 11.9. The second-order valence-electron chi connectivity index (χ2n) is 9.81. The summed E-state index contributed by atoms with van der Waals surface area (Å²) in [5, 5.41) is 2.80. The van der Waals surface area contributed by atoms with Crippen molar-refractivity contribution in [2.24, 2.45) is 11.8 Å². The van der Waals surface area contributed by atoms with Crippen LogP contribution in [0.15, 0.2) is 64.7 Å². The minimum atomic E-state index is -4.22. The summed E-state index contributed by atoms with van der Waals surface area (Å²) in [5.74, 6) is -0.800. The van der Waals surface area contributed by atoms with Crippen LogP contribution >= 0.6 is 11.6 Å². The summed E-state index contributed by atoms with van der Waals surface area (Å²) in [6.07, 6.45) is 5.55. The van der Waals surface area contributed by atoms with Crippen LogP contribution in [0.5, 0.6) is 5.88 Å². The fraction of sp³-hybridized carbons (Fsp3) is 0.286. The molecule has 1 aliphatic carbocycles. The Morgan fingerprint density at radius 2 is 1.95 bits per heavy atom. The molecule has 214 valence electrons. The zero-order valence-electron chi connectivity index (χ0n) is 22.2. The van der Waals surface area contributed by atoms with Gasteiger partial charge in [-0.25, -0.2) is 22.8 Å². The van der Waals surface area contributed by atoms with Crippen LogP contribution in [0.25, 0.3) is 22.0 Å². The SMILES string of the molecule is CNC(=O)[C@H]1CCC[C@@H]1Cn1cnc2ccc(-c3cnc(OC)c(NS(=O)(=O)c4ccc(F)cc4Cl)c3)cc2c1=O. The van der Waals surface area contributed by atoms with E-state index in [1.54, 1.807) is 25.2 Å². The number of carbonyl (C=O) groups excluding carboxylic acids is 1. The molecule has 2 N–H and O–H groups in total. The first-order valence-electron chi connectivity index (χ1n) is 12.8. The summed E-state index contributed by atoms with van der Waals surface area (Å²) >= 11 is 5.98. The van der Waals surface area contributed by atoms with Crippen LogP contribution in [0.2, 0.25) is 5.02 Å². The van der Waals surface area contributed by atoms with E-state index in [1.165, 1.54) is 30.3 Å². The molecule has 0 unspecified atom stereocenters. The number of nitrogens with zero attached hydrogens (tertiary/aromatic N) is 3. The summed E-state index contributed by atoms with van der Waals surface area (Å²) in [6.45, 7) is 0.381. The van der Waals surface area contributed by atoms with Crippen LogP contribution in [-0.2, 0) is 21.4 Å². The zero-order valence-corrected chi connectivity index (χ0v) is 23.8. The molecule has 4 aromatic rings. The van der Waals surface area contributed by atoms with Gasteiger partial charge in [-0.1, -0.05) is 24.1 Å². The average Bonchev–Trinajstić information content (AvgIpc) is 3.41. The molecule has 1 saturated carbocycles. The normalized spacial score (nSPS) is 17.0. The molecule has 1 aliphatic rings. The Bertz CT molecular complexity index is 1810. The first kappa shape index (κ1) is 28.5. The number of carbonyl (C=O) groups is 1. The molecule has 2 heterocycles. The molecule has 2 aromatic carbocycles. The van der Waals surface area contributed by atoms with Gasteiger partial charge < -0.3 is 10.1 Å². The number of ether oxygens (including phenoxy) is 1. The molecule has 0 radical (unpaired) electrons. The van der Waals surface area contributed by atoms with Crippen molar-refractivity contribution in [2.75, 3.05) is 18.9 Å². The van der Waals surface area contributed by atoms with Crippen LogP contribution in [0.4, 0.5) is 10.1 Å². The number of nitrogens with one attached hydrogen (secondary N) is 2. The van der Waals surface area contributed by atoms with Gasteiger partial charge in [-0.05, 0) is 60.7 Å². The van der Waals surface area contributed by atoms with Gasteiger partial charge in [-0.15, -0.1) is 0 Å². The zero-order chi connectivity index (χ0) is 29.3. The molecule has 41 heavy (non-hydrogen) atoms. The maximum absolute atomic E-state index is 13.5. The third-order valence-corrected chi connectivity index (χ3v) is 9.15. The Hall–Kier alpha value is -4.03. The lowest BCUT2D eigenvalue weighted by molar-refractivity contribution is -0.125. The molecule has 2 aromatic heterocycles. The first-order chi connectivity index (χ1) is 19.6. The topological polar surface area (TPSA) is 132 Å². The molecule has 0 bridgehead atoms. The molecule has 13 heteroatoms. The number of benzene rings is 2. The number of sulfonamides is 1. The van der Waals surface area contributed by atoms with Crippen molar-refractivity contribution in [2.45, 2.75) is 30.7 Å². The molecular weight excluding hydrogens is 573 g/mol. The lowest BCUT2D eigenvalue weighted by Gasteiger charge is -2.19. The summed E-state index contributed by atoms with van der Waals surface area (Å²) in [6, 6.07) is 9.60. The minimum absolute atomic E-state index is 0.00241. The van der Waals surface area contributed by atoms with Crippen molar-refractivity contribution in [3.63, 3.8) is 0 Å². The number of rotatable bonds is 8. The number of pyridine rings is 1. The van der Waals surface area contributed by atoms with E-state index in [2.05, 4.69) is 20.0 Å². The van der Waals surface area contributed by atoms with Gasteiger partial charge in [0.15, 0.2) is 0 Å². The summed E-state index contributed by atoms with van der Waals surface area (Å²) in [5.41, 5.74) is 1.37. The second kappa shape index (κ2) is 11.5. The van der Waals surface area contributed by atoms with Crippen LogP contribution in [0.3, 0.4) is 0 Å². The van der Waals surface area contributed by atoms with E-state index in [1.807, 2.05) is 0 Å². The predicted octanol–water partition coefficient (Wildman–Crippen LogP) is 4.22. The van der Waals surface area contributed by atoms with E-state index >= 15 is 0 Å². The van der Waals surface area contributed by atoms with E-state index in [0.29, 0.717) is 28.6 Å². The minimum Gasteiger partial charge on any atom is -0.480 e. The van der Waals surface area contributed by atoms with Gasteiger partial charge in [0.2, 0.25) is 11.8 Å². The van der Waals surface area contributed by atoms with Crippen molar-refractivity contribution in [1.29, 1.82) is 0 Å². The molecule has 10 nitrogen and oxygen atoms in total. The third kappa shape index (κ3) is 5.75. The number of methoxy groups -OCH3 is 1. The van der Waals surface area contributed by atoms with Gasteiger partial charge in [0, 0.05) is 31.3 Å². The lowest BCUT2D eigenvalue weighted by Crippen LogP contribution is -2.33. The maximum atomic E-state index is 13.5. The molecule has 2 atom stereocenters. The molecule has 5 rings (SSSR count). The van der Waals surface area contributed by atoms with E-state index in [0.717, 1.165) is 37.5 Å². The number of halogens is 2. The lowest BCUT2D eigenvalue weighted by atomic mass is 9.95. The summed E-state index contributed by atoms with van der Waals surface area (Å²) in [4.78, 5) is 34.1. The van der Waals surface area contributed by atoms with Gasteiger partial charge in [0.1, 0.15) is 16.4 Å². The fourth-order valence-corrected chi connectivity index (χ4v) is 6.83. The molecule has 0 aliphatic heterocycles. The largest absolute Gasteiger partial charge is 0.480 e. The highest BCUT2D eigenvalue weighted by Gasteiger charge is 2.33. The smallest absolute Gasteiger partial charge is 0.263 e. The van der Waals surface area contributed by atoms with Crippen molar-refractivity contribution < 1.29 is 22.3 Å². The van der Waals surface area contributed by atoms with E-state index in [-0.39, 0.29) is 44.8 Å². The number of hydrogen-bond donors (Lipinski definition) is 2. The standard InChI is InChI=1S/C28H27ClFN5O5S/c1-31-26(36)20-5-3-4-17(20)14-35-15-33-23-8-6-16(10-21(23)28(35)37)18-11-24(27(40-2)32-13-18)34-41(38,39)25-9-7-19(30)12-22(25)29/h6-13,15,17,20,34H,3-5,14H2,1-2H3,(H,31,36)/t17-,20+/m1/s1. The van der Waals surface area contributed by atoms with Crippen molar-refractivity contribution >= 4 is 44.1 Å². The quantitative estimate of drug-likeness (QED) is 0.310. The van der Waals surface area contributed by atoms with E-state index < -0.39 is 15.8 Å². The van der Waals surface area contributed by atoms with Gasteiger partial charge in [-0.2, -0.15) is 0 Å². The Labute approximate surface area is 240 Å². The van der Waals surface area contributed by atoms with Gasteiger partial charge in [0.25, 0.3) is 15.6 Å². The van der Waals surface area contributed by atoms with E-state index in [4.69, 9.17) is 16.3 Å². The van der Waals surface area contributed by atoms with Crippen LogP contribution < -0.4 is 20.3 Å². The number of anilines is 1. The Morgan fingerprint density at radius 3 is 2.68 bits per heavy atom. The third-order valence-electron chi connectivity index (χ3n) is 7.30. The van der Waals surface area contributed by atoms with Crippen molar-refractivity contribution in [3.8, 4) is 17.0 Å². The molecule has 0 saturated heterocycles.